The molecule has 3 aromatic heterocycles. The van der Waals surface area contributed by atoms with E-state index in [2.05, 4.69) is 25.8 Å². The van der Waals surface area contributed by atoms with Gasteiger partial charge in [0.2, 0.25) is 5.82 Å². The topological polar surface area (TPSA) is 98.9 Å². The summed E-state index contributed by atoms with van der Waals surface area (Å²) in [6.07, 6.45) is 4.89. The molecule has 0 unspecified atom stereocenters. The zero-order chi connectivity index (χ0) is 25.9. The van der Waals surface area contributed by atoms with Crippen molar-refractivity contribution < 1.29 is 18.3 Å². The number of amides is 2. The van der Waals surface area contributed by atoms with E-state index in [1.54, 1.807) is 43.3 Å². The zero-order valence-electron chi connectivity index (χ0n) is 19.8. The summed E-state index contributed by atoms with van der Waals surface area (Å²) < 4.78 is 38.2. The van der Waals surface area contributed by atoms with Crippen LogP contribution in [0.15, 0.2) is 79.3 Å². The van der Waals surface area contributed by atoms with E-state index in [4.69, 9.17) is 4.74 Å². The molecule has 0 aliphatic carbocycles. The molecule has 0 bridgehead atoms. The molecule has 11 heteroatoms. The number of carbonyl (C=O) groups excluding carboxylic acids is 1. The first kappa shape index (κ1) is 23.7. The summed E-state index contributed by atoms with van der Waals surface area (Å²) in [6, 6.07) is 15.9. The van der Waals surface area contributed by atoms with Crippen LogP contribution in [-0.2, 0) is 14.1 Å². The van der Waals surface area contributed by atoms with Gasteiger partial charge in [0, 0.05) is 49.7 Å². The van der Waals surface area contributed by atoms with Gasteiger partial charge in [-0.2, -0.15) is 14.6 Å². The number of hydrogen-bond donors (Lipinski definition) is 2. The molecule has 0 fully saturated rings. The molecule has 9 nitrogen and oxygen atoms in total. The quantitative estimate of drug-likeness (QED) is 0.316. The van der Waals surface area contributed by atoms with Crippen LogP contribution in [-0.4, -0.2) is 30.6 Å². The van der Waals surface area contributed by atoms with Crippen LogP contribution in [0.2, 0.25) is 0 Å². The second-order valence-electron chi connectivity index (χ2n) is 8.10. The lowest BCUT2D eigenvalue weighted by atomic mass is 10.2. The van der Waals surface area contributed by atoms with Gasteiger partial charge in [-0.3, -0.25) is 19.7 Å². The Morgan fingerprint density at radius 1 is 0.919 bits per heavy atom. The van der Waals surface area contributed by atoms with E-state index in [-0.39, 0.29) is 17.2 Å². The number of anilines is 2. The van der Waals surface area contributed by atoms with Gasteiger partial charge in [-0.15, -0.1) is 0 Å². The summed E-state index contributed by atoms with van der Waals surface area (Å²) in [4.78, 5) is 16.7. The van der Waals surface area contributed by atoms with E-state index in [0.29, 0.717) is 17.2 Å². The number of urea groups is 1. The fourth-order valence-electron chi connectivity index (χ4n) is 3.62. The molecule has 5 rings (SSSR count). The van der Waals surface area contributed by atoms with Gasteiger partial charge < -0.3 is 10.1 Å². The number of halogens is 2. The minimum Gasteiger partial charge on any atom is -0.454 e. The largest absolute Gasteiger partial charge is 0.454 e. The zero-order valence-corrected chi connectivity index (χ0v) is 19.8. The Morgan fingerprint density at radius 2 is 1.73 bits per heavy atom. The lowest BCUT2D eigenvalue weighted by Gasteiger charge is -2.12. The van der Waals surface area contributed by atoms with E-state index in [1.807, 2.05) is 30.3 Å². The fourth-order valence-corrected chi connectivity index (χ4v) is 3.62. The number of ether oxygens (including phenoxy) is 1. The molecule has 0 radical (unpaired) electrons. The first-order valence-corrected chi connectivity index (χ1v) is 11.2. The standard InChI is InChI=1S/C26H21F2N7O2/c1-34-15-17(14-30-34)20-12-18(10-11-29-20)37-22-9-8-19(24(27)25(22)28)31-26(36)32-23-13-21(33-35(23)2)16-6-4-3-5-7-16/h3-15H,1-2H3,(H2,31,32,36). The van der Waals surface area contributed by atoms with Gasteiger partial charge in [-0.1, -0.05) is 30.3 Å². The molecule has 186 valence electrons. The number of aromatic nitrogens is 5. The maximum atomic E-state index is 14.8. The van der Waals surface area contributed by atoms with Crippen LogP contribution < -0.4 is 15.4 Å². The van der Waals surface area contributed by atoms with Crippen molar-refractivity contribution in [3.8, 4) is 34.0 Å². The van der Waals surface area contributed by atoms with Crippen molar-refractivity contribution in [1.82, 2.24) is 24.5 Å². The third-order valence-corrected chi connectivity index (χ3v) is 5.45. The van der Waals surface area contributed by atoms with Gasteiger partial charge >= 0.3 is 6.03 Å². The molecule has 0 atom stereocenters. The molecule has 3 heterocycles. The molecule has 0 aliphatic rings. The average Bonchev–Trinajstić information content (AvgIpc) is 3.50. The maximum Gasteiger partial charge on any atom is 0.324 e. The minimum atomic E-state index is -1.26. The molecule has 0 saturated carbocycles. The molecular formula is C26H21F2N7O2. The fraction of sp³-hybridized carbons (Fsp3) is 0.0769. The van der Waals surface area contributed by atoms with Gasteiger partial charge in [0.25, 0.3) is 0 Å². The number of aryl methyl sites for hydroxylation is 2. The first-order valence-electron chi connectivity index (χ1n) is 11.2. The maximum absolute atomic E-state index is 14.8. The van der Waals surface area contributed by atoms with Crippen LogP contribution in [0.1, 0.15) is 0 Å². The Morgan fingerprint density at radius 3 is 2.49 bits per heavy atom. The molecule has 5 aromatic rings. The van der Waals surface area contributed by atoms with E-state index in [0.717, 1.165) is 11.1 Å². The lowest BCUT2D eigenvalue weighted by Crippen LogP contribution is -2.22. The van der Waals surface area contributed by atoms with E-state index in [9.17, 15) is 13.6 Å². The van der Waals surface area contributed by atoms with Crippen LogP contribution in [0, 0.1) is 11.6 Å². The summed E-state index contributed by atoms with van der Waals surface area (Å²) >= 11 is 0. The number of pyridine rings is 1. The van der Waals surface area contributed by atoms with Gasteiger partial charge in [0.05, 0.1) is 23.3 Å². The smallest absolute Gasteiger partial charge is 0.324 e. The molecule has 0 spiro atoms. The third kappa shape index (κ3) is 5.15. The highest BCUT2D eigenvalue weighted by molar-refractivity contribution is 5.99. The van der Waals surface area contributed by atoms with Crippen molar-refractivity contribution in [2.24, 2.45) is 14.1 Å². The number of benzene rings is 2. The molecule has 2 aromatic carbocycles. The van der Waals surface area contributed by atoms with Crippen LogP contribution in [0.3, 0.4) is 0 Å². The summed E-state index contributed by atoms with van der Waals surface area (Å²) in [7, 11) is 3.43. The van der Waals surface area contributed by atoms with Gasteiger partial charge in [-0.25, -0.2) is 9.18 Å². The summed E-state index contributed by atoms with van der Waals surface area (Å²) in [5.74, 6) is -2.21. The highest BCUT2D eigenvalue weighted by atomic mass is 19.2. The molecular weight excluding hydrogens is 480 g/mol. The molecule has 0 saturated heterocycles. The average molecular weight is 501 g/mol. The van der Waals surface area contributed by atoms with Crippen molar-refractivity contribution in [2.75, 3.05) is 10.6 Å². The van der Waals surface area contributed by atoms with Crippen LogP contribution >= 0.6 is 0 Å². The van der Waals surface area contributed by atoms with Gasteiger partial charge in [0.15, 0.2) is 11.6 Å². The normalized spacial score (nSPS) is 10.8. The Bertz CT molecular complexity index is 1580. The molecule has 2 amide bonds. The third-order valence-electron chi connectivity index (χ3n) is 5.45. The monoisotopic (exact) mass is 501 g/mol. The Labute approximate surface area is 210 Å². The number of carbonyl (C=O) groups is 1. The number of nitrogens with zero attached hydrogens (tertiary/aromatic N) is 5. The van der Waals surface area contributed by atoms with Crippen molar-refractivity contribution in [2.45, 2.75) is 0 Å². The first-order chi connectivity index (χ1) is 17.9. The van der Waals surface area contributed by atoms with Crippen LogP contribution in [0.5, 0.6) is 11.5 Å². The SMILES string of the molecule is Cn1cc(-c2cc(Oc3ccc(NC(=O)Nc4cc(-c5ccccc5)nn4C)c(F)c3F)ccn2)cn1. The number of nitrogens with one attached hydrogen (secondary N) is 2. The van der Waals surface area contributed by atoms with Gasteiger partial charge in [0.1, 0.15) is 11.6 Å². The summed E-state index contributed by atoms with van der Waals surface area (Å²) in [5.41, 5.74) is 2.48. The lowest BCUT2D eigenvalue weighted by molar-refractivity contribution is 0.262. The Balaban J connectivity index is 1.28. The van der Waals surface area contributed by atoms with Crippen molar-refractivity contribution in [1.29, 1.82) is 0 Å². The van der Waals surface area contributed by atoms with Crippen LogP contribution in [0.25, 0.3) is 22.5 Å². The predicted molar refractivity (Wildman–Crippen MR) is 134 cm³/mol. The van der Waals surface area contributed by atoms with Crippen molar-refractivity contribution >= 4 is 17.5 Å². The number of rotatable bonds is 6. The van der Waals surface area contributed by atoms with Gasteiger partial charge in [-0.05, 0) is 18.2 Å². The Hall–Kier alpha value is -5.06. The molecule has 0 aliphatic heterocycles. The second-order valence-corrected chi connectivity index (χ2v) is 8.10. The highest BCUT2D eigenvalue weighted by Crippen LogP contribution is 2.31. The highest BCUT2D eigenvalue weighted by Gasteiger charge is 2.18. The minimum absolute atomic E-state index is 0.260. The summed E-state index contributed by atoms with van der Waals surface area (Å²) in [5, 5.41) is 13.4. The van der Waals surface area contributed by atoms with Crippen LogP contribution in [0.4, 0.5) is 25.1 Å². The molecule has 2 N–H and O–H groups in total. The Kier molecular flexibility index (Phi) is 6.33. The summed E-state index contributed by atoms with van der Waals surface area (Å²) in [6.45, 7) is 0. The van der Waals surface area contributed by atoms with E-state index >= 15 is 0 Å². The predicted octanol–water partition coefficient (Wildman–Crippen LogP) is 5.60. The van der Waals surface area contributed by atoms with E-state index in [1.165, 1.54) is 29.1 Å². The van der Waals surface area contributed by atoms with E-state index < -0.39 is 17.7 Å². The second kappa shape index (κ2) is 9.90. The van der Waals surface area contributed by atoms with Crippen molar-refractivity contribution in [3.63, 3.8) is 0 Å². The molecule has 37 heavy (non-hydrogen) atoms. The number of hydrogen-bond acceptors (Lipinski definition) is 5. The van der Waals surface area contributed by atoms with Crippen molar-refractivity contribution in [3.05, 3.63) is 90.9 Å².